The van der Waals surface area contributed by atoms with Crippen LogP contribution in [-0.4, -0.2) is 23.7 Å². The molecule has 3 nitrogen and oxygen atoms in total. The van der Waals surface area contributed by atoms with Crippen molar-refractivity contribution in [2.24, 2.45) is 5.92 Å². The molecular weight excluding hydrogens is 258 g/mol. The van der Waals surface area contributed by atoms with Gasteiger partial charge in [-0.05, 0) is 43.2 Å². The highest BCUT2D eigenvalue weighted by molar-refractivity contribution is 7.14. The standard InChI is InChI=1S/C15H23NO2S/c1-3-10-5-6-13-11(7-10)8-14(19-13)15(18)16-9-12(17)4-2/h8,10,12,17H,3-7,9H2,1-2H3,(H,16,18). The lowest BCUT2D eigenvalue weighted by atomic mass is 9.87. The average molecular weight is 281 g/mol. The van der Waals surface area contributed by atoms with Crippen molar-refractivity contribution in [2.75, 3.05) is 6.54 Å². The number of aryl methyl sites for hydroxylation is 1. The second-order valence-corrected chi connectivity index (χ2v) is 6.48. The summed E-state index contributed by atoms with van der Waals surface area (Å²) in [6.45, 7) is 4.49. The molecular formula is C15H23NO2S. The summed E-state index contributed by atoms with van der Waals surface area (Å²) in [6.07, 6.45) is 4.93. The molecule has 2 N–H and O–H groups in total. The zero-order valence-corrected chi connectivity index (χ0v) is 12.6. The zero-order chi connectivity index (χ0) is 13.8. The molecule has 19 heavy (non-hydrogen) atoms. The first kappa shape index (κ1) is 14.5. The van der Waals surface area contributed by atoms with Crippen LogP contribution in [0, 0.1) is 5.92 Å². The van der Waals surface area contributed by atoms with Gasteiger partial charge in [-0.25, -0.2) is 0 Å². The second-order valence-electron chi connectivity index (χ2n) is 5.35. The van der Waals surface area contributed by atoms with E-state index in [1.54, 1.807) is 11.3 Å². The predicted octanol–water partition coefficient (Wildman–Crippen LogP) is 2.76. The Morgan fingerprint density at radius 2 is 2.37 bits per heavy atom. The van der Waals surface area contributed by atoms with Crippen molar-refractivity contribution < 1.29 is 9.90 Å². The van der Waals surface area contributed by atoms with Gasteiger partial charge in [-0.3, -0.25) is 4.79 Å². The molecule has 2 atom stereocenters. The van der Waals surface area contributed by atoms with Crippen LogP contribution < -0.4 is 5.32 Å². The largest absolute Gasteiger partial charge is 0.391 e. The molecule has 1 aliphatic carbocycles. The number of hydrogen-bond donors (Lipinski definition) is 2. The molecule has 0 bridgehead atoms. The number of hydrogen-bond acceptors (Lipinski definition) is 3. The normalized spacial score (nSPS) is 19.8. The van der Waals surface area contributed by atoms with E-state index in [2.05, 4.69) is 18.3 Å². The zero-order valence-electron chi connectivity index (χ0n) is 11.7. The highest BCUT2D eigenvalue weighted by Gasteiger charge is 2.22. The van der Waals surface area contributed by atoms with Crippen molar-refractivity contribution in [3.63, 3.8) is 0 Å². The predicted molar refractivity (Wildman–Crippen MR) is 78.8 cm³/mol. The van der Waals surface area contributed by atoms with Crippen molar-refractivity contribution >= 4 is 17.2 Å². The molecule has 1 heterocycles. The molecule has 0 radical (unpaired) electrons. The number of carbonyl (C=O) groups is 1. The Morgan fingerprint density at radius 1 is 1.58 bits per heavy atom. The Hall–Kier alpha value is -0.870. The Morgan fingerprint density at radius 3 is 3.05 bits per heavy atom. The Balaban J connectivity index is 1.98. The fraction of sp³-hybridized carbons (Fsp3) is 0.667. The number of nitrogens with one attached hydrogen (secondary N) is 1. The van der Waals surface area contributed by atoms with Gasteiger partial charge in [-0.1, -0.05) is 20.3 Å². The third kappa shape index (κ3) is 3.57. The van der Waals surface area contributed by atoms with Crippen LogP contribution in [0.15, 0.2) is 6.07 Å². The number of aliphatic hydroxyl groups excluding tert-OH is 1. The summed E-state index contributed by atoms with van der Waals surface area (Å²) in [6, 6.07) is 2.05. The van der Waals surface area contributed by atoms with E-state index in [0.717, 1.165) is 23.6 Å². The third-order valence-electron chi connectivity index (χ3n) is 3.96. The molecule has 106 valence electrons. The van der Waals surface area contributed by atoms with Crippen molar-refractivity contribution in [1.29, 1.82) is 0 Å². The minimum Gasteiger partial charge on any atom is -0.391 e. The van der Waals surface area contributed by atoms with Crippen molar-refractivity contribution in [3.8, 4) is 0 Å². The van der Waals surface area contributed by atoms with Gasteiger partial charge in [0.1, 0.15) is 0 Å². The SMILES string of the molecule is CCC(O)CNC(=O)c1cc2c(s1)CCC(CC)C2. The smallest absolute Gasteiger partial charge is 0.261 e. The van der Waals surface area contributed by atoms with E-state index in [-0.39, 0.29) is 5.91 Å². The molecule has 1 amide bonds. The molecule has 2 unspecified atom stereocenters. The fourth-order valence-electron chi connectivity index (χ4n) is 2.50. The van der Waals surface area contributed by atoms with Crippen molar-refractivity contribution in [2.45, 2.75) is 52.1 Å². The lowest BCUT2D eigenvalue weighted by molar-refractivity contribution is 0.0918. The molecule has 0 saturated heterocycles. The van der Waals surface area contributed by atoms with Gasteiger partial charge < -0.3 is 10.4 Å². The molecule has 4 heteroatoms. The van der Waals surface area contributed by atoms with Gasteiger partial charge in [0.2, 0.25) is 0 Å². The van der Waals surface area contributed by atoms with Gasteiger partial charge in [0.05, 0.1) is 11.0 Å². The quantitative estimate of drug-likeness (QED) is 0.872. The summed E-state index contributed by atoms with van der Waals surface area (Å²) in [7, 11) is 0. The van der Waals surface area contributed by atoms with Crippen molar-refractivity contribution in [3.05, 3.63) is 21.4 Å². The monoisotopic (exact) mass is 281 g/mol. The maximum absolute atomic E-state index is 12.0. The van der Waals surface area contributed by atoms with Crippen LogP contribution in [0.5, 0.6) is 0 Å². The maximum atomic E-state index is 12.0. The highest BCUT2D eigenvalue weighted by atomic mass is 32.1. The van der Waals surface area contributed by atoms with Crippen LogP contribution in [0.4, 0.5) is 0 Å². The van der Waals surface area contributed by atoms with Gasteiger partial charge in [0.25, 0.3) is 5.91 Å². The lowest BCUT2D eigenvalue weighted by Crippen LogP contribution is -2.31. The number of thiophene rings is 1. The highest BCUT2D eigenvalue weighted by Crippen LogP contribution is 2.33. The van der Waals surface area contributed by atoms with Crippen LogP contribution in [0.3, 0.4) is 0 Å². The second kappa shape index (κ2) is 6.53. The van der Waals surface area contributed by atoms with E-state index in [1.807, 2.05) is 6.92 Å². The van der Waals surface area contributed by atoms with E-state index in [0.29, 0.717) is 13.0 Å². The summed E-state index contributed by atoms with van der Waals surface area (Å²) < 4.78 is 0. The first-order valence-electron chi connectivity index (χ1n) is 7.21. The van der Waals surface area contributed by atoms with Gasteiger partial charge in [-0.2, -0.15) is 0 Å². The fourth-order valence-corrected chi connectivity index (χ4v) is 3.63. The van der Waals surface area contributed by atoms with E-state index in [1.165, 1.54) is 23.3 Å². The molecule has 0 saturated carbocycles. The van der Waals surface area contributed by atoms with E-state index < -0.39 is 6.10 Å². The first-order chi connectivity index (χ1) is 9.13. The summed E-state index contributed by atoms with van der Waals surface area (Å²) in [5.41, 5.74) is 1.37. The Labute approximate surface area is 119 Å². The Bertz CT molecular complexity index is 441. The van der Waals surface area contributed by atoms with E-state index in [9.17, 15) is 9.90 Å². The summed E-state index contributed by atoms with van der Waals surface area (Å²) >= 11 is 1.62. The van der Waals surface area contributed by atoms with Gasteiger partial charge in [0.15, 0.2) is 0 Å². The number of rotatable bonds is 5. The summed E-state index contributed by atoms with van der Waals surface area (Å²) in [4.78, 5) is 14.2. The molecule has 0 aliphatic heterocycles. The minimum absolute atomic E-state index is 0.0417. The minimum atomic E-state index is -0.442. The molecule has 1 aromatic rings. The lowest BCUT2D eigenvalue weighted by Gasteiger charge is -2.19. The van der Waals surface area contributed by atoms with Crippen LogP contribution in [-0.2, 0) is 12.8 Å². The van der Waals surface area contributed by atoms with Crippen LogP contribution in [0.2, 0.25) is 0 Å². The van der Waals surface area contributed by atoms with Gasteiger partial charge in [-0.15, -0.1) is 11.3 Å². The number of amides is 1. The third-order valence-corrected chi connectivity index (χ3v) is 5.19. The molecule has 1 aromatic heterocycles. The summed E-state index contributed by atoms with van der Waals surface area (Å²) in [5.74, 6) is 0.736. The van der Waals surface area contributed by atoms with E-state index >= 15 is 0 Å². The average Bonchev–Trinajstić information content (AvgIpc) is 2.86. The molecule has 2 rings (SSSR count). The molecule has 0 fully saturated rings. The van der Waals surface area contributed by atoms with Crippen LogP contribution >= 0.6 is 11.3 Å². The Kier molecular flexibility index (Phi) is 4.99. The molecule has 0 spiro atoms. The molecule has 0 aromatic carbocycles. The number of aliphatic hydroxyl groups is 1. The van der Waals surface area contributed by atoms with Gasteiger partial charge >= 0.3 is 0 Å². The number of carbonyl (C=O) groups excluding carboxylic acids is 1. The first-order valence-corrected chi connectivity index (χ1v) is 8.03. The molecule has 1 aliphatic rings. The van der Waals surface area contributed by atoms with Crippen LogP contribution in [0.1, 0.15) is 53.2 Å². The van der Waals surface area contributed by atoms with Crippen molar-refractivity contribution in [1.82, 2.24) is 5.32 Å². The summed E-state index contributed by atoms with van der Waals surface area (Å²) in [5, 5.41) is 12.3. The van der Waals surface area contributed by atoms with E-state index in [4.69, 9.17) is 0 Å². The number of fused-ring (bicyclic) bond motifs is 1. The topological polar surface area (TPSA) is 49.3 Å². The van der Waals surface area contributed by atoms with Crippen LogP contribution in [0.25, 0.3) is 0 Å². The maximum Gasteiger partial charge on any atom is 0.261 e. The van der Waals surface area contributed by atoms with Gasteiger partial charge in [0, 0.05) is 11.4 Å².